The van der Waals surface area contributed by atoms with E-state index in [1.165, 1.54) is 5.56 Å². The molecule has 16 heavy (non-hydrogen) atoms. The SMILES string of the molecule is Cc1ccc(C2=CC(=O)CC(C)(O)C2)cc1. The Balaban J connectivity index is 2.34. The van der Waals surface area contributed by atoms with Crippen LogP contribution in [0.2, 0.25) is 0 Å². The van der Waals surface area contributed by atoms with E-state index in [9.17, 15) is 9.90 Å². The van der Waals surface area contributed by atoms with Crippen molar-refractivity contribution in [1.82, 2.24) is 0 Å². The molecule has 2 heteroatoms. The Morgan fingerprint density at radius 2 is 1.81 bits per heavy atom. The summed E-state index contributed by atoms with van der Waals surface area (Å²) in [7, 11) is 0. The first-order chi connectivity index (χ1) is 7.46. The van der Waals surface area contributed by atoms with Crippen molar-refractivity contribution in [2.24, 2.45) is 0 Å². The molecular formula is C14H16O2. The molecule has 0 amide bonds. The predicted octanol–water partition coefficient (Wildman–Crippen LogP) is 2.49. The second kappa shape index (κ2) is 3.87. The maximum Gasteiger partial charge on any atom is 0.158 e. The molecule has 0 saturated heterocycles. The minimum atomic E-state index is -0.897. The molecule has 1 unspecified atom stereocenters. The van der Waals surface area contributed by atoms with Crippen molar-refractivity contribution in [3.63, 3.8) is 0 Å². The predicted molar refractivity (Wildman–Crippen MR) is 64.0 cm³/mol. The Hall–Kier alpha value is -1.41. The van der Waals surface area contributed by atoms with Gasteiger partial charge >= 0.3 is 0 Å². The molecule has 1 aromatic carbocycles. The minimum Gasteiger partial charge on any atom is -0.389 e. The van der Waals surface area contributed by atoms with Crippen molar-refractivity contribution in [3.8, 4) is 0 Å². The molecule has 0 aromatic heterocycles. The van der Waals surface area contributed by atoms with Gasteiger partial charge in [-0.1, -0.05) is 29.8 Å². The summed E-state index contributed by atoms with van der Waals surface area (Å²) in [5, 5.41) is 9.97. The van der Waals surface area contributed by atoms with Gasteiger partial charge in [-0.2, -0.15) is 0 Å². The maximum atomic E-state index is 11.5. The summed E-state index contributed by atoms with van der Waals surface area (Å²) in [5.74, 6) is 0.00632. The number of hydrogen-bond acceptors (Lipinski definition) is 2. The van der Waals surface area contributed by atoms with Crippen molar-refractivity contribution >= 4 is 11.4 Å². The number of hydrogen-bond donors (Lipinski definition) is 1. The van der Waals surface area contributed by atoms with Crippen LogP contribution in [0.4, 0.5) is 0 Å². The summed E-state index contributed by atoms with van der Waals surface area (Å²) in [6, 6.07) is 8.03. The molecule has 1 aromatic rings. The quantitative estimate of drug-likeness (QED) is 0.783. The third kappa shape index (κ3) is 2.39. The minimum absolute atomic E-state index is 0.00632. The van der Waals surface area contributed by atoms with E-state index in [0.29, 0.717) is 6.42 Å². The number of rotatable bonds is 1. The zero-order valence-corrected chi connectivity index (χ0v) is 9.66. The summed E-state index contributed by atoms with van der Waals surface area (Å²) in [4.78, 5) is 11.5. The first-order valence-electron chi connectivity index (χ1n) is 5.49. The van der Waals surface area contributed by atoms with E-state index in [2.05, 4.69) is 0 Å². The lowest BCUT2D eigenvalue weighted by atomic mass is 9.82. The summed E-state index contributed by atoms with van der Waals surface area (Å²) in [6.07, 6.45) is 2.42. The number of aliphatic hydroxyl groups is 1. The third-order valence-corrected chi connectivity index (χ3v) is 2.88. The monoisotopic (exact) mass is 216 g/mol. The first-order valence-corrected chi connectivity index (χ1v) is 5.49. The van der Waals surface area contributed by atoms with E-state index in [-0.39, 0.29) is 12.2 Å². The highest BCUT2D eigenvalue weighted by molar-refractivity contribution is 5.99. The number of carbonyl (C=O) groups excluding carboxylic acids is 1. The molecule has 1 N–H and O–H groups in total. The van der Waals surface area contributed by atoms with Gasteiger partial charge in [0.05, 0.1) is 5.60 Å². The standard InChI is InChI=1S/C14H16O2/c1-10-3-5-11(6-4-10)12-7-13(15)9-14(2,16)8-12/h3-7,16H,8-9H2,1-2H3. The Morgan fingerprint density at radius 3 is 2.38 bits per heavy atom. The van der Waals surface area contributed by atoms with Crippen LogP contribution in [0.25, 0.3) is 5.57 Å². The zero-order chi connectivity index (χ0) is 11.8. The van der Waals surface area contributed by atoms with Gasteiger partial charge < -0.3 is 5.11 Å². The highest BCUT2D eigenvalue weighted by Crippen LogP contribution is 2.32. The Kier molecular flexibility index (Phi) is 2.68. The molecule has 2 rings (SSSR count). The summed E-state index contributed by atoms with van der Waals surface area (Å²) in [6.45, 7) is 3.74. The zero-order valence-electron chi connectivity index (χ0n) is 9.66. The average molecular weight is 216 g/mol. The summed E-state index contributed by atoms with van der Waals surface area (Å²) >= 11 is 0. The van der Waals surface area contributed by atoms with Crippen molar-refractivity contribution < 1.29 is 9.90 Å². The number of benzene rings is 1. The lowest BCUT2D eigenvalue weighted by Gasteiger charge is -2.27. The second-order valence-corrected chi connectivity index (χ2v) is 4.85. The number of ketones is 1. The average Bonchev–Trinajstić information content (AvgIpc) is 2.15. The fourth-order valence-electron chi connectivity index (χ4n) is 2.10. The molecule has 0 aliphatic heterocycles. The van der Waals surface area contributed by atoms with Crippen molar-refractivity contribution in [2.45, 2.75) is 32.3 Å². The van der Waals surface area contributed by atoms with Gasteiger partial charge in [-0.25, -0.2) is 0 Å². The highest BCUT2D eigenvalue weighted by atomic mass is 16.3. The van der Waals surface area contributed by atoms with E-state index in [1.807, 2.05) is 31.2 Å². The Bertz CT molecular complexity index is 438. The molecule has 0 spiro atoms. The Morgan fingerprint density at radius 1 is 1.19 bits per heavy atom. The van der Waals surface area contributed by atoms with Crippen molar-refractivity contribution in [1.29, 1.82) is 0 Å². The van der Waals surface area contributed by atoms with Crippen LogP contribution in [0, 0.1) is 6.92 Å². The fraction of sp³-hybridized carbons (Fsp3) is 0.357. The van der Waals surface area contributed by atoms with E-state index in [1.54, 1.807) is 13.0 Å². The maximum absolute atomic E-state index is 11.5. The van der Waals surface area contributed by atoms with Gasteiger partial charge in [-0.05, 0) is 31.1 Å². The topological polar surface area (TPSA) is 37.3 Å². The molecule has 0 fully saturated rings. The largest absolute Gasteiger partial charge is 0.389 e. The van der Waals surface area contributed by atoms with Crippen LogP contribution in [-0.2, 0) is 4.79 Å². The molecule has 0 heterocycles. The molecular weight excluding hydrogens is 200 g/mol. The lowest BCUT2D eigenvalue weighted by Crippen LogP contribution is -2.30. The highest BCUT2D eigenvalue weighted by Gasteiger charge is 2.29. The van der Waals surface area contributed by atoms with E-state index >= 15 is 0 Å². The van der Waals surface area contributed by atoms with Crippen LogP contribution in [0.1, 0.15) is 30.9 Å². The number of allylic oxidation sites excluding steroid dienone is 1. The first kappa shape index (κ1) is 11.1. The van der Waals surface area contributed by atoms with Gasteiger partial charge in [-0.15, -0.1) is 0 Å². The summed E-state index contributed by atoms with van der Waals surface area (Å²) in [5.41, 5.74) is 2.25. The molecule has 2 nitrogen and oxygen atoms in total. The van der Waals surface area contributed by atoms with Gasteiger partial charge in [0.25, 0.3) is 0 Å². The van der Waals surface area contributed by atoms with Gasteiger partial charge in [0.15, 0.2) is 5.78 Å². The summed E-state index contributed by atoms with van der Waals surface area (Å²) < 4.78 is 0. The smallest absolute Gasteiger partial charge is 0.158 e. The molecule has 0 saturated carbocycles. The van der Waals surface area contributed by atoms with Gasteiger partial charge in [-0.3, -0.25) is 4.79 Å². The third-order valence-electron chi connectivity index (χ3n) is 2.88. The molecule has 1 aliphatic rings. The molecule has 0 bridgehead atoms. The second-order valence-electron chi connectivity index (χ2n) is 4.85. The van der Waals surface area contributed by atoms with Gasteiger partial charge in [0.2, 0.25) is 0 Å². The Labute approximate surface area is 95.6 Å². The normalized spacial score (nSPS) is 25.4. The van der Waals surface area contributed by atoms with Crippen LogP contribution in [0.15, 0.2) is 30.3 Å². The molecule has 1 atom stereocenters. The van der Waals surface area contributed by atoms with E-state index < -0.39 is 5.60 Å². The fourth-order valence-corrected chi connectivity index (χ4v) is 2.10. The van der Waals surface area contributed by atoms with E-state index in [4.69, 9.17) is 0 Å². The molecule has 0 radical (unpaired) electrons. The lowest BCUT2D eigenvalue weighted by molar-refractivity contribution is -0.119. The van der Waals surface area contributed by atoms with Crippen LogP contribution < -0.4 is 0 Å². The van der Waals surface area contributed by atoms with Crippen LogP contribution in [0.5, 0.6) is 0 Å². The molecule has 1 aliphatic carbocycles. The van der Waals surface area contributed by atoms with Crippen LogP contribution in [-0.4, -0.2) is 16.5 Å². The van der Waals surface area contributed by atoms with Crippen molar-refractivity contribution in [2.75, 3.05) is 0 Å². The van der Waals surface area contributed by atoms with Crippen LogP contribution in [0.3, 0.4) is 0 Å². The van der Waals surface area contributed by atoms with Crippen molar-refractivity contribution in [3.05, 3.63) is 41.5 Å². The number of aryl methyl sites for hydroxylation is 1. The van der Waals surface area contributed by atoms with E-state index in [0.717, 1.165) is 11.1 Å². The van der Waals surface area contributed by atoms with Gasteiger partial charge in [0.1, 0.15) is 0 Å². The number of carbonyl (C=O) groups is 1. The molecule has 84 valence electrons. The van der Waals surface area contributed by atoms with Gasteiger partial charge in [0, 0.05) is 12.8 Å². The van der Waals surface area contributed by atoms with Crippen LogP contribution >= 0.6 is 0 Å².